The summed E-state index contributed by atoms with van der Waals surface area (Å²) in [7, 11) is 0. The fourth-order valence-corrected chi connectivity index (χ4v) is 1.77. The first-order valence-corrected chi connectivity index (χ1v) is 7.10. The lowest BCUT2D eigenvalue weighted by atomic mass is 10.0. The minimum absolute atomic E-state index is 0.0405. The van der Waals surface area contributed by atoms with Gasteiger partial charge in [0.15, 0.2) is 0 Å². The summed E-state index contributed by atoms with van der Waals surface area (Å²) in [5.74, 6) is -0.646. The van der Waals surface area contributed by atoms with Gasteiger partial charge >= 0.3 is 5.97 Å². The highest BCUT2D eigenvalue weighted by atomic mass is 16.6. The predicted octanol–water partition coefficient (Wildman–Crippen LogP) is 2.11. The molecular weight excluding hydrogens is 268 g/mol. The smallest absolute Gasteiger partial charge is 0.329 e. The van der Waals surface area contributed by atoms with Crippen LogP contribution in [0.1, 0.15) is 40.2 Å². The number of amides is 1. The monoisotopic (exact) mass is 292 g/mol. The van der Waals surface area contributed by atoms with E-state index in [9.17, 15) is 9.59 Å². The first-order chi connectivity index (χ1) is 9.69. The lowest BCUT2D eigenvalue weighted by Gasteiger charge is -2.26. The van der Waals surface area contributed by atoms with Crippen molar-refractivity contribution >= 4 is 11.9 Å². The maximum absolute atomic E-state index is 12.1. The van der Waals surface area contributed by atoms with Crippen LogP contribution in [0.4, 0.5) is 0 Å². The maximum atomic E-state index is 12.1. The number of hydrogen-bond donors (Lipinski definition) is 1. The quantitative estimate of drug-likeness (QED) is 0.844. The van der Waals surface area contributed by atoms with Crippen molar-refractivity contribution in [3.8, 4) is 0 Å². The number of pyridine rings is 1. The molecule has 0 saturated heterocycles. The Kier molecular flexibility index (Phi) is 5.88. The molecule has 0 unspecified atom stereocenters. The zero-order valence-corrected chi connectivity index (χ0v) is 13.3. The van der Waals surface area contributed by atoms with Crippen molar-refractivity contribution in [1.82, 2.24) is 10.3 Å². The van der Waals surface area contributed by atoms with Crippen LogP contribution in [-0.2, 0) is 20.7 Å². The molecule has 0 radical (unpaired) electrons. The van der Waals surface area contributed by atoms with Gasteiger partial charge in [0.05, 0.1) is 6.42 Å². The Labute approximate surface area is 126 Å². The second kappa shape index (κ2) is 7.20. The van der Waals surface area contributed by atoms with Crippen molar-refractivity contribution in [2.24, 2.45) is 5.92 Å². The highest BCUT2D eigenvalue weighted by molar-refractivity contribution is 5.85. The highest BCUT2D eigenvalue weighted by Crippen LogP contribution is 2.12. The molecule has 0 aliphatic carbocycles. The zero-order chi connectivity index (χ0) is 16.0. The number of nitrogens with zero attached hydrogens (tertiary/aromatic N) is 1. The van der Waals surface area contributed by atoms with E-state index in [0.29, 0.717) is 0 Å². The summed E-state index contributed by atoms with van der Waals surface area (Å²) in [5, 5.41) is 2.75. The molecule has 21 heavy (non-hydrogen) atoms. The molecule has 1 heterocycles. The molecule has 0 aliphatic rings. The number of carbonyl (C=O) groups is 2. The third-order valence-electron chi connectivity index (χ3n) is 2.76. The van der Waals surface area contributed by atoms with E-state index in [1.165, 1.54) is 0 Å². The third-order valence-corrected chi connectivity index (χ3v) is 2.76. The fraction of sp³-hybridized carbons (Fsp3) is 0.562. The van der Waals surface area contributed by atoms with Crippen molar-refractivity contribution in [3.05, 3.63) is 30.1 Å². The number of ether oxygens (including phenoxy) is 1. The molecule has 0 aliphatic heterocycles. The fourth-order valence-electron chi connectivity index (χ4n) is 1.77. The second-order valence-corrected chi connectivity index (χ2v) is 6.35. The Bertz CT molecular complexity index is 478. The Balaban J connectivity index is 2.66. The lowest BCUT2D eigenvalue weighted by molar-refractivity contribution is -0.159. The summed E-state index contributed by atoms with van der Waals surface area (Å²) in [5.41, 5.74) is 0.286. The van der Waals surface area contributed by atoms with Gasteiger partial charge in [0, 0.05) is 12.4 Å². The topological polar surface area (TPSA) is 68.3 Å². The SMILES string of the molecule is CC(C)[C@@H](NC(=O)Cc1ccncc1)C(=O)OC(C)(C)C. The van der Waals surface area contributed by atoms with Gasteiger partial charge in [-0.05, 0) is 44.4 Å². The van der Waals surface area contributed by atoms with Crippen LogP contribution in [0.3, 0.4) is 0 Å². The standard InChI is InChI=1S/C16H24N2O3/c1-11(2)14(15(20)21-16(3,4)5)18-13(19)10-12-6-8-17-9-7-12/h6-9,11,14H,10H2,1-5H3,(H,18,19)/t14-/m1/s1. The Morgan fingerprint density at radius 1 is 1.24 bits per heavy atom. The van der Waals surface area contributed by atoms with Crippen LogP contribution in [0.5, 0.6) is 0 Å². The van der Waals surface area contributed by atoms with E-state index in [0.717, 1.165) is 5.56 Å². The first-order valence-electron chi connectivity index (χ1n) is 7.10. The number of aromatic nitrogens is 1. The molecule has 0 aromatic carbocycles. The predicted molar refractivity (Wildman–Crippen MR) is 80.6 cm³/mol. The zero-order valence-electron chi connectivity index (χ0n) is 13.3. The molecule has 5 nitrogen and oxygen atoms in total. The van der Waals surface area contributed by atoms with E-state index in [4.69, 9.17) is 4.74 Å². The van der Waals surface area contributed by atoms with E-state index in [1.807, 2.05) is 13.8 Å². The average Bonchev–Trinajstić information content (AvgIpc) is 2.34. The molecule has 0 fully saturated rings. The van der Waals surface area contributed by atoms with Gasteiger partial charge in [-0.2, -0.15) is 0 Å². The summed E-state index contributed by atoms with van der Waals surface area (Å²) in [6.45, 7) is 9.17. The minimum atomic E-state index is -0.640. The van der Waals surface area contributed by atoms with Crippen LogP contribution < -0.4 is 5.32 Å². The second-order valence-electron chi connectivity index (χ2n) is 6.35. The minimum Gasteiger partial charge on any atom is -0.458 e. The van der Waals surface area contributed by atoms with E-state index >= 15 is 0 Å². The summed E-state index contributed by atoms with van der Waals surface area (Å²) < 4.78 is 5.35. The van der Waals surface area contributed by atoms with E-state index in [2.05, 4.69) is 10.3 Å². The molecule has 1 aromatic heterocycles. The number of rotatable bonds is 5. The molecular formula is C16H24N2O3. The summed E-state index contributed by atoms with van der Waals surface area (Å²) in [6, 6.07) is 2.91. The summed E-state index contributed by atoms with van der Waals surface area (Å²) in [4.78, 5) is 28.1. The van der Waals surface area contributed by atoms with Gasteiger partial charge in [0.25, 0.3) is 0 Å². The van der Waals surface area contributed by atoms with Gasteiger partial charge < -0.3 is 10.1 Å². The van der Waals surface area contributed by atoms with Gasteiger partial charge in [-0.15, -0.1) is 0 Å². The van der Waals surface area contributed by atoms with Crippen LogP contribution in [0.2, 0.25) is 0 Å². The van der Waals surface area contributed by atoms with Crippen LogP contribution in [0.25, 0.3) is 0 Å². The van der Waals surface area contributed by atoms with Crippen molar-refractivity contribution in [2.45, 2.75) is 52.7 Å². The van der Waals surface area contributed by atoms with Crippen LogP contribution in [0, 0.1) is 5.92 Å². The summed E-state index contributed by atoms with van der Waals surface area (Å²) in [6.07, 6.45) is 3.49. The molecule has 1 atom stereocenters. The average molecular weight is 292 g/mol. The van der Waals surface area contributed by atoms with Crippen LogP contribution in [0.15, 0.2) is 24.5 Å². The van der Waals surface area contributed by atoms with E-state index < -0.39 is 17.6 Å². The van der Waals surface area contributed by atoms with Crippen molar-refractivity contribution in [1.29, 1.82) is 0 Å². The Morgan fingerprint density at radius 3 is 2.29 bits per heavy atom. The van der Waals surface area contributed by atoms with Gasteiger partial charge in [-0.1, -0.05) is 13.8 Å². The molecule has 0 saturated carbocycles. The molecule has 116 valence electrons. The van der Waals surface area contributed by atoms with E-state index in [1.54, 1.807) is 45.3 Å². The van der Waals surface area contributed by atoms with Gasteiger partial charge in [-0.25, -0.2) is 4.79 Å². The Hall–Kier alpha value is -1.91. The van der Waals surface area contributed by atoms with Gasteiger partial charge in [-0.3, -0.25) is 9.78 Å². The molecule has 1 amide bonds. The molecule has 1 rings (SSSR count). The van der Waals surface area contributed by atoms with Gasteiger partial charge in [0.1, 0.15) is 11.6 Å². The normalized spacial score (nSPS) is 12.9. The number of hydrogen-bond acceptors (Lipinski definition) is 4. The number of nitrogens with one attached hydrogen (secondary N) is 1. The lowest BCUT2D eigenvalue weighted by Crippen LogP contribution is -2.47. The first kappa shape index (κ1) is 17.1. The largest absolute Gasteiger partial charge is 0.458 e. The number of carbonyl (C=O) groups excluding carboxylic acids is 2. The van der Waals surface area contributed by atoms with Crippen molar-refractivity contribution < 1.29 is 14.3 Å². The molecule has 1 N–H and O–H groups in total. The van der Waals surface area contributed by atoms with Gasteiger partial charge in [0.2, 0.25) is 5.91 Å². The van der Waals surface area contributed by atoms with Crippen molar-refractivity contribution in [2.75, 3.05) is 0 Å². The van der Waals surface area contributed by atoms with Crippen LogP contribution >= 0.6 is 0 Å². The number of esters is 1. The third kappa shape index (κ3) is 6.38. The molecule has 1 aromatic rings. The van der Waals surface area contributed by atoms with Crippen LogP contribution in [-0.4, -0.2) is 28.5 Å². The van der Waals surface area contributed by atoms with Crippen molar-refractivity contribution in [3.63, 3.8) is 0 Å². The maximum Gasteiger partial charge on any atom is 0.329 e. The summed E-state index contributed by atoms with van der Waals surface area (Å²) >= 11 is 0. The molecule has 0 spiro atoms. The molecule has 0 bridgehead atoms. The molecule has 5 heteroatoms. The van der Waals surface area contributed by atoms with E-state index in [-0.39, 0.29) is 18.2 Å². The highest BCUT2D eigenvalue weighted by Gasteiger charge is 2.29. The Morgan fingerprint density at radius 2 is 1.81 bits per heavy atom.